The summed E-state index contributed by atoms with van der Waals surface area (Å²) in [4.78, 5) is 12.0. The Labute approximate surface area is 156 Å². The first kappa shape index (κ1) is 22.0. The number of hydrogen-bond donors (Lipinski definition) is 1. The molecule has 1 aromatic carbocycles. The van der Waals surface area contributed by atoms with Crippen molar-refractivity contribution in [3.05, 3.63) is 44.7 Å². The number of halogens is 11. The summed E-state index contributed by atoms with van der Waals surface area (Å²) in [7, 11) is 0.767. The van der Waals surface area contributed by atoms with Gasteiger partial charge in [0.15, 0.2) is 34.7 Å². The molecular formula is C13H4BrF10N3O. The van der Waals surface area contributed by atoms with Crippen molar-refractivity contribution in [1.82, 2.24) is 9.78 Å². The molecule has 0 fully saturated rings. The van der Waals surface area contributed by atoms with Crippen LogP contribution in [-0.4, -0.2) is 15.7 Å². The van der Waals surface area contributed by atoms with Gasteiger partial charge in [-0.05, 0) is 15.9 Å². The van der Waals surface area contributed by atoms with E-state index >= 15 is 0 Å². The number of nitrogens with zero attached hydrogens (tertiary/aromatic N) is 2. The van der Waals surface area contributed by atoms with Crippen LogP contribution in [0.2, 0.25) is 0 Å². The lowest BCUT2D eigenvalue weighted by molar-refractivity contribution is -0.144. The Morgan fingerprint density at radius 3 is 1.75 bits per heavy atom. The molecule has 0 radical (unpaired) electrons. The summed E-state index contributed by atoms with van der Waals surface area (Å²) in [5.41, 5.74) is -7.43. The normalized spacial score (nSPS) is 12.4. The van der Waals surface area contributed by atoms with E-state index in [4.69, 9.17) is 0 Å². The van der Waals surface area contributed by atoms with Crippen molar-refractivity contribution in [2.45, 2.75) is 12.4 Å². The van der Waals surface area contributed by atoms with Crippen LogP contribution in [0.5, 0.6) is 0 Å². The lowest BCUT2D eigenvalue weighted by Gasteiger charge is -2.14. The van der Waals surface area contributed by atoms with Gasteiger partial charge in [-0.1, -0.05) is 0 Å². The molecule has 0 saturated carbocycles. The highest BCUT2D eigenvalue weighted by atomic mass is 79.9. The fraction of sp³-hybridized carbons (Fsp3) is 0.231. The van der Waals surface area contributed by atoms with Crippen molar-refractivity contribution in [2.75, 3.05) is 5.32 Å². The first-order valence-electron chi connectivity index (χ1n) is 6.63. The number of nitrogens with one attached hydrogen (secondary N) is 1. The summed E-state index contributed by atoms with van der Waals surface area (Å²) in [6, 6.07) is 0. The second kappa shape index (κ2) is 6.93. The number of amides is 1. The first-order chi connectivity index (χ1) is 12.6. The zero-order valence-corrected chi connectivity index (χ0v) is 14.5. The molecule has 0 saturated heterocycles. The molecule has 2 aromatic rings. The zero-order chi connectivity index (χ0) is 21.8. The summed E-state index contributed by atoms with van der Waals surface area (Å²) >= 11 is 2.41. The Morgan fingerprint density at radius 2 is 1.39 bits per heavy atom. The molecule has 0 aliphatic heterocycles. The summed E-state index contributed by atoms with van der Waals surface area (Å²) < 4.78 is 130. The van der Waals surface area contributed by atoms with Gasteiger partial charge in [0, 0.05) is 7.05 Å². The third-order valence-electron chi connectivity index (χ3n) is 3.26. The van der Waals surface area contributed by atoms with E-state index in [1.807, 2.05) is 0 Å². The van der Waals surface area contributed by atoms with Crippen molar-refractivity contribution in [2.24, 2.45) is 7.05 Å². The fourth-order valence-corrected chi connectivity index (χ4v) is 2.85. The predicted molar refractivity (Wildman–Crippen MR) is 75.1 cm³/mol. The lowest BCUT2D eigenvalue weighted by atomic mass is 10.1. The number of aromatic nitrogens is 2. The summed E-state index contributed by atoms with van der Waals surface area (Å²) in [5.74, 6) is -12.7. The van der Waals surface area contributed by atoms with Gasteiger partial charge in [-0.15, -0.1) is 0 Å². The number of alkyl halides is 6. The smallest absolute Gasteiger partial charge is 0.315 e. The molecular weight excluding hydrogens is 484 g/mol. The Hall–Kier alpha value is -2.32. The van der Waals surface area contributed by atoms with Gasteiger partial charge in [0.05, 0.1) is 4.47 Å². The van der Waals surface area contributed by atoms with Gasteiger partial charge in [0.2, 0.25) is 0 Å². The molecule has 0 aliphatic carbocycles. The Kier molecular flexibility index (Phi) is 5.44. The molecule has 154 valence electrons. The minimum atomic E-state index is -5.80. The first-order valence-corrected chi connectivity index (χ1v) is 7.42. The van der Waals surface area contributed by atoms with Crippen molar-refractivity contribution in [3.63, 3.8) is 0 Å². The van der Waals surface area contributed by atoms with Gasteiger partial charge in [0.25, 0.3) is 5.91 Å². The molecule has 1 N–H and O–H groups in total. The number of benzene rings is 1. The van der Waals surface area contributed by atoms with Gasteiger partial charge in [-0.25, -0.2) is 17.6 Å². The molecule has 15 heteroatoms. The second-order valence-electron chi connectivity index (χ2n) is 5.09. The maximum atomic E-state index is 13.8. The van der Waals surface area contributed by atoms with Crippen LogP contribution in [0, 0.1) is 23.3 Å². The van der Waals surface area contributed by atoms with E-state index in [0.717, 1.165) is 7.05 Å². The highest BCUT2D eigenvalue weighted by Gasteiger charge is 2.43. The van der Waals surface area contributed by atoms with Gasteiger partial charge in [-0.3, -0.25) is 9.48 Å². The van der Waals surface area contributed by atoms with Crippen molar-refractivity contribution >= 4 is 27.5 Å². The van der Waals surface area contributed by atoms with Crippen molar-refractivity contribution in [3.8, 4) is 0 Å². The summed E-state index contributed by atoms with van der Waals surface area (Å²) in [6.07, 6.45) is -10.8. The number of hydrogen-bond acceptors (Lipinski definition) is 2. The van der Waals surface area contributed by atoms with E-state index in [-0.39, 0.29) is 4.68 Å². The Bertz CT molecular complexity index is 934. The number of rotatable bonds is 2. The molecule has 1 amide bonds. The molecule has 0 unspecified atom stereocenters. The quantitative estimate of drug-likeness (QED) is 0.477. The Balaban J connectivity index is 2.55. The standard InChI is InChI=1S/C13H4BrF10N3O/c1-27-10(13(22,23)24)3(14)8(26-27)11(28)25-9-6(17)4(15)2(12(19,20)21)5(16)7(9)18/h1H3,(H,25,28). The van der Waals surface area contributed by atoms with Crippen LogP contribution >= 0.6 is 15.9 Å². The van der Waals surface area contributed by atoms with Crippen LogP contribution in [0.15, 0.2) is 4.47 Å². The Morgan fingerprint density at radius 1 is 0.929 bits per heavy atom. The minimum Gasteiger partial charge on any atom is -0.315 e. The topological polar surface area (TPSA) is 46.9 Å². The molecule has 4 nitrogen and oxygen atoms in total. The number of carbonyl (C=O) groups is 1. The SMILES string of the molecule is Cn1nc(C(=O)Nc2c(F)c(F)c(C(F)(F)F)c(F)c2F)c(Br)c1C(F)(F)F. The van der Waals surface area contributed by atoms with Gasteiger partial charge < -0.3 is 5.32 Å². The molecule has 0 aliphatic rings. The average molecular weight is 488 g/mol. The van der Waals surface area contributed by atoms with Crippen LogP contribution < -0.4 is 5.32 Å². The summed E-state index contributed by atoms with van der Waals surface area (Å²) in [5, 5.41) is 4.34. The average Bonchev–Trinajstić information content (AvgIpc) is 2.83. The predicted octanol–water partition coefficient (Wildman–Crippen LogP) is 5.03. The van der Waals surface area contributed by atoms with E-state index in [0.29, 0.717) is 0 Å². The molecule has 2 rings (SSSR count). The van der Waals surface area contributed by atoms with Gasteiger partial charge >= 0.3 is 12.4 Å². The zero-order valence-electron chi connectivity index (χ0n) is 13.0. The molecule has 0 spiro atoms. The van der Waals surface area contributed by atoms with E-state index in [1.165, 1.54) is 5.32 Å². The maximum absolute atomic E-state index is 13.8. The number of carbonyl (C=O) groups excluding carboxylic acids is 1. The third kappa shape index (κ3) is 3.66. The highest BCUT2D eigenvalue weighted by molar-refractivity contribution is 9.10. The van der Waals surface area contributed by atoms with E-state index in [1.54, 1.807) is 0 Å². The molecule has 0 bridgehead atoms. The molecule has 28 heavy (non-hydrogen) atoms. The van der Waals surface area contributed by atoms with Crippen LogP contribution in [0.3, 0.4) is 0 Å². The summed E-state index contributed by atoms with van der Waals surface area (Å²) in [6.45, 7) is 0. The number of anilines is 1. The maximum Gasteiger partial charge on any atom is 0.434 e. The van der Waals surface area contributed by atoms with Crippen LogP contribution in [0.1, 0.15) is 21.7 Å². The highest BCUT2D eigenvalue weighted by Crippen LogP contribution is 2.39. The molecule has 1 heterocycles. The van der Waals surface area contributed by atoms with Gasteiger partial charge in [0.1, 0.15) is 11.3 Å². The minimum absolute atomic E-state index is 0.180. The largest absolute Gasteiger partial charge is 0.434 e. The lowest BCUT2D eigenvalue weighted by Crippen LogP contribution is -2.21. The van der Waals surface area contributed by atoms with Crippen molar-refractivity contribution < 1.29 is 48.7 Å². The second-order valence-corrected chi connectivity index (χ2v) is 5.88. The van der Waals surface area contributed by atoms with E-state index in [2.05, 4.69) is 21.0 Å². The molecule has 0 atom stereocenters. The van der Waals surface area contributed by atoms with E-state index < -0.39 is 68.6 Å². The van der Waals surface area contributed by atoms with Crippen LogP contribution in [-0.2, 0) is 19.4 Å². The van der Waals surface area contributed by atoms with Gasteiger partial charge in [-0.2, -0.15) is 31.4 Å². The molecule has 1 aromatic heterocycles. The van der Waals surface area contributed by atoms with Crippen molar-refractivity contribution in [1.29, 1.82) is 0 Å². The fourth-order valence-electron chi connectivity index (χ4n) is 2.11. The van der Waals surface area contributed by atoms with Crippen LogP contribution in [0.4, 0.5) is 49.6 Å². The third-order valence-corrected chi connectivity index (χ3v) is 4.01. The van der Waals surface area contributed by atoms with Crippen LogP contribution in [0.25, 0.3) is 0 Å². The van der Waals surface area contributed by atoms with E-state index in [9.17, 15) is 48.7 Å². The monoisotopic (exact) mass is 487 g/mol. The number of aryl methyl sites for hydroxylation is 1.